The van der Waals surface area contributed by atoms with Crippen LogP contribution in [0.2, 0.25) is 0 Å². The van der Waals surface area contributed by atoms with E-state index in [0.717, 1.165) is 11.3 Å². The van der Waals surface area contributed by atoms with E-state index in [4.69, 9.17) is 4.74 Å². The summed E-state index contributed by atoms with van der Waals surface area (Å²) in [6.07, 6.45) is 0.108. The van der Waals surface area contributed by atoms with Crippen LogP contribution < -0.4 is 4.74 Å². The van der Waals surface area contributed by atoms with E-state index >= 15 is 0 Å². The molecule has 0 radical (unpaired) electrons. The maximum atomic E-state index is 5.50. The number of hydrogen-bond donors (Lipinski definition) is 0. The fourth-order valence-electron chi connectivity index (χ4n) is 2.01. The van der Waals surface area contributed by atoms with E-state index in [-0.39, 0.29) is 6.10 Å². The number of hydrogen-bond acceptors (Lipinski definition) is 4. The molecular weight excluding hydrogens is 262 g/mol. The van der Waals surface area contributed by atoms with E-state index in [9.17, 15) is 0 Å². The van der Waals surface area contributed by atoms with Crippen LogP contribution in [0.5, 0.6) is 5.88 Å². The summed E-state index contributed by atoms with van der Waals surface area (Å²) in [6, 6.07) is 12.6. The predicted molar refractivity (Wildman–Crippen MR) is 85.3 cm³/mol. The van der Waals surface area contributed by atoms with E-state index in [1.165, 1.54) is 5.56 Å². The minimum atomic E-state index is 0.108. The maximum absolute atomic E-state index is 5.50. The Morgan fingerprint density at radius 2 is 1.57 bits per heavy atom. The van der Waals surface area contributed by atoms with Gasteiger partial charge in [0.05, 0.1) is 11.8 Å². The fourth-order valence-corrected chi connectivity index (χ4v) is 2.01. The zero-order valence-corrected chi connectivity index (χ0v) is 13.4. The van der Waals surface area contributed by atoms with Gasteiger partial charge in [0, 0.05) is 17.7 Å². The van der Waals surface area contributed by atoms with E-state index in [1.807, 2.05) is 26.0 Å². The standard InChI is InChI=1S/C17H23N3O/c1-12(2)21-17-11-10-16(18-19-17)15-8-6-14(7-9-15)13(3)20(4)5/h6-13H,1-5H3/t13-/m0/s1. The van der Waals surface area contributed by atoms with Crippen LogP contribution in [0, 0.1) is 0 Å². The summed E-state index contributed by atoms with van der Waals surface area (Å²) in [6.45, 7) is 6.13. The average molecular weight is 285 g/mol. The van der Waals surface area contributed by atoms with Crippen molar-refractivity contribution in [3.05, 3.63) is 42.0 Å². The molecule has 4 nitrogen and oxygen atoms in total. The molecule has 2 rings (SSSR count). The minimum Gasteiger partial charge on any atom is -0.474 e. The van der Waals surface area contributed by atoms with Gasteiger partial charge in [-0.2, -0.15) is 0 Å². The number of ether oxygens (including phenoxy) is 1. The smallest absolute Gasteiger partial charge is 0.233 e. The van der Waals surface area contributed by atoms with Crippen LogP contribution in [-0.2, 0) is 0 Å². The molecule has 0 aliphatic carbocycles. The molecule has 1 atom stereocenters. The molecule has 0 aliphatic heterocycles. The quantitative estimate of drug-likeness (QED) is 0.842. The van der Waals surface area contributed by atoms with Gasteiger partial charge in [0.1, 0.15) is 0 Å². The predicted octanol–water partition coefficient (Wildman–Crippen LogP) is 3.55. The van der Waals surface area contributed by atoms with Gasteiger partial charge in [0.2, 0.25) is 5.88 Å². The van der Waals surface area contributed by atoms with Gasteiger partial charge in [0.25, 0.3) is 0 Å². The van der Waals surface area contributed by atoms with E-state index < -0.39 is 0 Å². The van der Waals surface area contributed by atoms with E-state index in [2.05, 4.69) is 60.4 Å². The highest BCUT2D eigenvalue weighted by Gasteiger charge is 2.08. The maximum Gasteiger partial charge on any atom is 0.233 e. The Morgan fingerprint density at radius 3 is 2.05 bits per heavy atom. The molecule has 0 spiro atoms. The number of aromatic nitrogens is 2. The highest BCUT2D eigenvalue weighted by Crippen LogP contribution is 2.22. The zero-order valence-electron chi connectivity index (χ0n) is 13.4. The highest BCUT2D eigenvalue weighted by atomic mass is 16.5. The van der Waals surface area contributed by atoms with Gasteiger partial charge in [-0.3, -0.25) is 0 Å². The SMILES string of the molecule is CC(C)Oc1ccc(-c2ccc([C@H](C)N(C)C)cc2)nn1. The molecule has 1 heterocycles. The highest BCUT2D eigenvalue weighted by molar-refractivity contribution is 5.59. The van der Waals surface area contributed by atoms with Gasteiger partial charge >= 0.3 is 0 Å². The average Bonchev–Trinajstić information content (AvgIpc) is 2.47. The Bertz CT molecular complexity index is 562. The molecular formula is C17H23N3O. The number of nitrogens with zero attached hydrogens (tertiary/aromatic N) is 3. The third-order valence-electron chi connectivity index (χ3n) is 3.46. The lowest BCUT2D eigenvalue weighted by Crippen LogP contribution is -2.16. The Labute approximate surface area is 126 Å². The lowest BCUT2D eigenvalue weighted by Gasteiger charge is -2.20. The summed E-state index contributed by atoms with van der Waals surface area (Å²) in [5, 5.41) is 8.33. The molecule has 0 N–H and O–H groups in total. The summed E-state index contributed by atoms with van der Waals surface area (Å²) >= 11 is 0. The zero-order chi connectivity index (χ0) is 15.4. The van der Waals surface area contributed by atoms with Crippen molar-refractivity contribution in [1.29, 1.82) is 0 Å². The van der Waals surface area contributed by atoms with Crippen LogP contribution in [0.15, 0.2) is 36.4 Å². The molecule has 4 heteroatoms. The van der Waals surface area contributed by atoms with Crippen LogP contribution in [0.1, 0.15) is 32.4 Å². The van der Waals surface area contributed by atoms with Crippen LogP contribution >= 0.6 is 0 Å². The van der Waals surface area contributed by atoms with Crippen LogP contribution in [0.4, 0.5) is 0 Å². The first-order valence-corrected chi connectivity index (χ1v) is 7.24. The minimum absolute atomic E-state index is 0.108. The number of benzene rings is 1. The van der Waals surface area contributed by atoms with Crippen molar-refractivity contribution in [2.24, 2.45) is 0 Å². The topological polar surface area (TPSA) is 38.2 Å². The largest absolute Gasteiger partial charge is 0.474 e. The normalized spacial score (nSPS) is 12.7. The Kier molecular flexibility index (Phi) is 4.91. The molecule has 0 saturated carbocycles. The van der Waals surface area contributed by atoms with Gasteiger partial charge in [0.15, 0.2) is 0 Å². The van der Waals surface area contributed by atoms with Gasteiger partial charge in [-0.15, -0.1) is 10.2 Å². The summed E-state index contributed by atoms with van der Waals surface area (Å²) in [7, 11) is 4.16. The lowest BCUT2D eigenvalue weighted by atomic mass is 10.0. The first-order valence-electron chi connectivity index (χ1n) is 7.24. The third-order valence-corrected chi connectivity index (χ3v) is 3.46. The van der Waals surface area contributed by atoms with Gasteiger partial charge in [-0.1, -0.05) is 24.3 Å². The molecule has 21 heavy (non-hydrogen) atoms. The van der Waals surface area contributed by atoms with Crippen molar-refractivity contribution in [2.45, 2.75) is 32.9 Å². The number of rotatable bonds is 5. The molecule has 0 aliphatic rings. The molecule has 2 aromatic rings. The molecule has 0 bridgehead atoms. The molecule has 112 valence electrons. The second kappa shape index (κ2) is 6.68. The summed E-state index contributed by atoms with van der Waals surface area (Å²) < 4.78 is 5.50. The summed E-state index contributed by atoms with van der Waals surface area (Å²) in [5.74, 6) is 0.562. The van der Waals surface area contributed by atoms with Gasteiger partial charge in [-0.05, 0) is 46.5 Å². The van der Waals surface area contributed by atoms with Crippen LogP contribution in [0.3, 0.4) is 0 Å². The van der Waals surface area contributed by atoms with E-state index in [0.29, 0.717) is 11.9 Å². The van der Waals surface area contributed by atoms with Crippen LogP contribution in [0.25, 0.3) is 11.3 Å². The van der Waals surface area contributed by atoms with Crippen molar-refractivity contribution in [3.8, 4) is 17.1 Å². The first kappa shape index (κ1) is 15.4. The van der Waals surface area contributed by atoms with Crippen molar-refractivity contribution >= 4 is 0 Å². The van der Waals surface area contributed by atoms with Crippen molar-refractivity contribution in [1.82, 2.24) is 15.1 Å². The summed E-state index contributed by atoms with van der Waals surface area (Å²) in [4.78, 5) is 2.19. The molecule has 1 aromatic carbocycles. The van der Waals surface area contributed by atoms with Crippen molar-refractivity contribution < 1.29 is 4.74 Å². The van der Waals surface area contributed by atoms with Crippen molar-refractivity contribution in [3.63, 3.8) is 0 Å². The fraction of sp³-hybridized carbons (Fsp3) is 0.412. The van der Waals surface area contributed by atoms with Crippen molar-refractivity contribution in [2.75, 3.05) is 14.1 Å². The first-order chi connectivity index (χ1) is 9.97. The van der Waals surface area contributed by atoms with E-state index in [1.54, 1.807) is 0 Å². The Balaban J connectivity index is 2.15. The molecule has 0 amide bonds. The third kappa shape index (κ3) is 4.02. The monoisotopic (exact) mass is 285 g/mol. The second-order valence-corrected chi connectivity index (χ2v) is 5.69. The van der Waals surface area contributed by atoms with Gasteiger partial charge < -0.3 is 9.64 Å². The molecule has 0 saturated heterocycles. The van der Waals surface area contributed by atoms with Crippen LogP contribution in [-0.4, -0.2) is 35.3 Å². The second-order valence-electron chi connectivity index (χ2n) is 5.69. The summed E-state index contributed by atoms with van der Waals surface area (Å²) in [5.41, 5.74) is 3.21. The molecule has 1 aromatic heterocycles. The molecule has 0 fully saturated rings. The lowest BCUT2D eigenvalue weighted by molar-refractivity contribution is 0.230. The Morgan fingerprint density at radius 1 is 0.905 bits per heavy atom. The molecule has 0 unspecified atom stereocenters. The Hall–Kier alpha value is -1.94. The van der Waals surface area contributed by atoms with Gasteiger partial charge in [-0.25, -0.2) is 0 Å².